The number of benzene rings is 2. The number of rotatable bonds is 2. The second-order valence-corrected chi connectivity index (χ2v) is 5.47. The molecule has 0 saturated heterocycles. The van der Waals surface area contributed by atoms with E-state index in [1.54, 1.807) is 0 Å². The highest BCUT2D eigenvalue weighted by Crippen LogP contribution is 2.35. The van der Waals surface area contributed by atoms with E-state index in [1.165, 1.54) is 0 Å². The van der Waals surface area contributed by atoms with Gasteiger partial charge in [-0.15, -0.1) is 0 Å². The predicted octanol–water partition coefficient (Wildman–Crippen LogP) is 2.11. The molecule has 2 aliphatic heterocycles. The third-order valence-electron chi connectivity index (χ3n) is 4.10. The molecular formula is C19H14N2O2. The Bertz CT molecular complexity index is 817. The van der Waals surface area contributed by atoms with E-state index in [1.807, 2.05) is 60.7 Å². The fourth-order valence-electron chi connectivity index (χ4n) is 3.04. The monoisotopic (exact) mass is 302 g/mol. The van der Waals surface area contributed by atoms with Gasteiger partial charge in [0.05, 0.1) is 16.8 Å². The number of carbonyl (C=O) groups excluding carboxylic acids is 2. The zero-order valence-electron chi connectivity index (χ0n) is 12.3. The van der Waals surface area contributed by atoms with Gasteiger partial charge in [-0.25, -0.2) is 0 Å². The van der Waals surface area contributed by atoms with Crippen molar-refractivity contribution in [2.45, 2.75) is 0 Å². The lowest BCUT2D eigenvalue weighted by Crippen LogP contribution is -2.33. The summed E-state index contributed by atoms with van der Waals surface area (Å²) in [5.74, 6) is -0.426. The Balaban J connectivity index is 1.95. The summed E-state index contributed by atoms with van der Waals surface area (Å²) < 4.78 is 0. The molecule has 2 aromatic carbocycles. The minimum atomic E-state index is -0.215. The van der Waals surface area contributed by atoms with Gasteiger partial charge in [0.25, 0.3) is 11.8 Å². The molecule has 0 aromatic heterocycles. The first-order valence-electron chi connectivity index (χ1n) is 7.44. The summed E-state index contributed by atoms with van der Waals surface area (Å²) >= 11 is 0. The van der Waals surface area contributed by atoms with Gasteiger partial charge in [0, 0.05) is 6.54 Å². The fraction of sp³-hybridized carbons (Fsp3) is 0.0526. The van der Waals surface area contributed by atoms with Gasteiger partial charge < -0.3 is 10.6 Å². The van der Waals surface area contributed by atoms with Crippen LogP contribution >= 0.6 is 0 Å². The second kappa shape index (κ2) is 5.25. The molecule has 23 heavy (non-hydrogen) atoms. The van der Waals surface area contributed by atoms with Gasteiger partial charge in [0.1, 0.15) is 0 Å². The Morgan fingerprint density at radius 3 is 1.96 bits per heavy atom. The Morgan fingerprint density at radius 1 is 0.696 bits per heavy atom. The smallest absolute Gasteiger partial charge is 0.256 e. The van der Waals surface area contributed by atoms with Crippen molar-refractivity contribution < 1.29 is 9.59 Å². The van der Waals surface area contributed by atoms with Crippen LogP contribution in [0.3, 0.4) is 0 Å². The lowest BCUT2D eigenvalue weighted by Gasteiger charge is -2.19. The van der Waals surface area contributed by atoms with Crippen LogP contribution in [0, 0.1) is 0 Å². The molecule has 0 spiro atoms. The number of hydrogen-bond acceptors (Lipinski definition) is 2. The van der Waals surface area contributed by atoms with Gasteiger partial charge in [0.15, 0.2) is 0 Å². The maximum atomic E-state index is 12.5. The molecule has 2 aliphatic rings. The molecule has 0 atom stereocenters. The minimum absolute atomic E-state index is 0.211. The molecule has 0 saturated carbocycles. The first-order chi connectivity index (χ1) is 11.3. The van der Waals surface area contributed by atoms with Gasteiger partial charge in [-0.1, -0.05) is 60.7 Å². The maximum Gasteiger partial charge on any atom is 0.256 e. The van der Waals surface area contributed by atoms with Crippen molar-refractivity contribution in [1.82, 2.24) is 10.6 Å². The van der Waals surface area contributed by atoms with Crippen LogP contribution in [0.5, 0.6) is 0 Å². The van der Waals surface area contributed by atoms with Crippen molar-refractivity contribution in [3.8, 4) is 0 Å². The van der Waals surface area contributed by atoms with Gasteiger partial charge in [-0.05, 0) is 16.7 Å². The highest BCUT2D eigenvalue weighted by molar-refractivity contribution is 6.27. The average Bonchev–Trinajstić information content (AvgIpc) is 2.96. The summed E-state index contributed by atoms with van der Waals surface area (Å²) in [5, 5.41) is 5.74. The molecule has 4 heteroatoms. The van der Waals surface area contributed by atoms with E-state index in [9.17, 15) is 9.59 Å². The van der Waals surface area contributed by atoms with E-state index in [0.29, 0.717) is 23.4 Å². The summed E-state index contributed by atoms with van der Waals surface area (Å²) in [4.78, 5) is 24.9. The van der Waals surface area contributed by atoms with E-state index < -0.39 is 0 Å². The van der Waals surface area contributed by atoms with Gasteiger partial charge in [-0.3, -0.25) is 9.59 Å². The number of hydrogen-bond donors (Lipinski definition) is 2. The molecule has 0 bridgehead atoms. The van der Waals surface area contributed by atoms with Crippen LogP contribution in [0.4, 0.5) is 0 Å². The summed E-state index contributed by atoms with van der Waals surface area (Å²) in [6.45, 7) is 0.358. The van der Waals surface area contributed by atoms with Crippen molar-refractivity contribution in [1.29, 1.82) is 0 Å². The van der Waals surface area contributed by atoms with Crippen molar-refractivity contribution in [3.63, 3.8) is 0 Å². The van der Waals surface area contributed by atoms with E-state index >= 15 is 0 Å². The largest absolute Gasteiger partial charge is 0.348 e. The Morgan fingerprint density at radius 2 is 1.30 bits per heavy atom. The quantitative estimate of drug-likeness (QED) is 0.892. The van der Waals surface area contributed by atoms with Gasteiger partial charge in [-0.2, -0.15) is 0 Å². The SMILES string of the molecule is O=C1NC(c2ccccc2)=C2C(=O)NCC(c3ccccc3)=C12. The first-order valence-corrected chi connectivity index (χ1v) is 7.44. The Kier molecular flexibility index (Phi) is 3.08. The van der Waals surface area contributed by atoms with E-state index in [4.69, 9.17) is 0 Å². The molecule has 2 amide bonds. The molecule has 112 valence electrons. The highest BCUT2D eigenvalue weighted by atomic mass is 16.2. The van der Waals surface area contributed by atoms with Crippen molar-refractivity contribution in [2.75, 3.05) is 6.54 Å². The Labute approximate surface area is 133 Å². The van der Waals surface area contributed by atoms with Crippen molar-refractivity contribution in [2.24, 2.45) is 0 Å². The molecule has 0 unspecified atom stereocenters. The molecule has 0 fully saturated rings. The fourth-order valence-corrected chi connectivity index (χ4v) is 3.04. The predicted molar refractivity (Wildman–Crippen MR) is 87.9 cm³/mol. The van der Waals surface area contributed by atoms with Crippen LogP contribution < -0.4 is 10.6 Å². The molecule has 4 nitrogen and oxygen atoms in total. The highest BCUT2D eigenvalue weighted by Gasteiger charge is 2.37. The number of carbonyl (C=O) groups is 2. The molecule has 4 rings (SSSR count). The summed E-state index contributed by atoms with van der Waals surface area (Å²) in [6.07, 6.45) is 0. The zero-order valence-corrected chi connectivity index (χ0v) is 12.3. The van der Waals surface area contributed by atoms with E-state index in [0.717, 1.165) is 16.7 Å². The number of nitrogens with one attached hydrogen (secondary N) is 2. The second-order valence-electron chi connectivity index (χ2n) is 5.47. The summed E-state index contributed by atoms with van der Waals surface area (Å²) in [6, 6.07) is 19.1. The van der Waals surface area contributed by atoms with E-state index in [2.05, 4.69) is 10.6 Å². The van der Waals surface area contributed by atoms with Crippen LogP contribution in [0.15, 0.2) is 71.8 Å². The van der Waals surface area contributed by atoms with Crippen LogP contribution in [0.1, 0.15) is 11.1 Å². The molecule has 2 N–H and O–H groups in total. The number of fused-ring (bicyclic) bond motifs is 1. The lowest BCUT2D eigenvalue weighted by atomic mass is 9.90. The van der Waals surface area contributed by atoms with Crippen molar-refractivity contribution >= 4 is 23.1 Å². The Hall–Kier alpha value is -3.14. The molecule has 0 radical (unpaired) electrons. The average molecular weight is 302 g/mol. The third-order valence-corrected chi connectivity index (χ3v) is 4.10. The first kappa shape index (κ1) is 13.5. The molecule has 2 heterocycles. The van der Waals surface area contributed by atoms with Gasteiger partial charge >= 0.3 is 0 Å². The standard InChI is InChI=1S/C19H14N2O2/c22-18-16-15(14(11-20-18)12-7-3-1-4-8-12)19(23)21-17(16)13-9-5-2-6-10-13/h1-10H,11H2,(H,20,22)(H,21,23). The van der Waals surface area contributed by atoms with Crippen LogP contribution in [0.2, 0.25) is 0 Å². The van der Waals surface area contributed by atoms with E-state index in [-0.39, 0.29) is 11.8 Å². The van der Waals surface area contributed by atoms with Gasteiger partial charge in [0.2, 0.25) is 0 Å². The minimum Gasteiger partial charge on any atom is -0.348 e. The van der Waals surface area contributed by atoms with Crippen LogP contribution in [-0.4, -0.2) is 18.4 Å². The summed E-state index contributed by atoms with van der Waals surface area (Å²) in [5.41, 5.74) is 4.13. The third kappa shape index (κ3) is 2.16. The normalized spacial score (nSPS) is 17.0. The zero-order chi connectivity index (χ0) is 15.8. The summed E-state index contributed by atoms with van der Waals surface area (Å²) in [7, 11) is 0. The number of amides is 2. The molecule has 0 aliphatic carbocycles. The van der Waals surface area contributed by atoms with Crippen LogP contribution in [0.25, 0.3) is 11.3 Å². The van der Waals surface area contributed by atoms with Crippen LogP contribution in [-0.2, 0) is 9.59 Å². The lowest BCUT2D eigenvalue weighted by molar-refractivity contribution is -0.119. The topological polar surface area (TPSA) is 58.2 Å². The maximum absolute atomic E-state index is 12.5. The molecular weight excluding hydrogens is 288 g/mol. The molecule has 2 aromatic rings. The van der Waals surface area contributed by atoms with Crippen molar-refractivity contribution in [3.05, 3.63) is 82.9 Å².